The molecule has 3 heteroatoms. The van der Waals surface area contributed by atoms with Crippen molar-refractivity contribution in [2.45, 2.75) is 45.4 Å². The Hall–Kier alpha value is -1.51. The van der Waals surface area contributed by atoms with Crippen molar-refractivity contribution in [3.63, 3.8) is 0 Å². The number of hydrogen-bond acceptors (Lipinski definition) is 3. The standard InChI is InChI=1S/C19H24O3/c1-2-21-16-5-3-4-6-17(16)22-18(20)19-10-13-7-14(11-19)9-15(8-13)12-19/h3-6,13-15H,2,7-12H2,1H3. The summed E-state index contributed by atoms with van der Waals surface area (Å²) in [5, 5.41) is 0. The summed E-state index contributed by atoms with van der Waals surface area (Å²) in [6.45, 7) is 2.52. The molecule has 1 aromatic rings. The number of hydrogen-bond donors (Lipinski definition) is 0. The normalized spacial score (nSPS) is 35.4. The van der Waals surface area contributed by atoms with Crippen LogP contribution in [-0.4, -0.2) is 12.6 Å². The molecule has 0 amide bonds. The van der Waals surface area contributed by atoms with E-state index in [1.807, 2.05) is 31.2 Å². The van der Waals surface area contributed by atoms with E-state index in [1.54, 1.807) is 0 Å². The first kappa shape index (κ1) is 14.1. The molecular formula is C19H24O3. The molecule has 4 fully saturated rings. The summed E-state index contributed by atoms with van der Waals surface area (Å²) in [7, 11) is 0. The second-order valence-corrected chi connectivity index (χ2v) is 7.47. The number of carbonyl (C=O) groups is 1. The topological polar surface area (TPSA) is 35.5 Å². The highest BCUT2D eigenvalue weighted by Crippen LogP contribution is 2.60. The zero-order valence-electron chi connectivity index (χ0n) is 13.2. The molecule has 0 aromatic heterocycles. The number of rotatable bonds is 4. The molecule has 0 saturated heterocycles. The third kappa shape index (κ3) is 2.31. The zero-order valence-corrected chi connectivity index (χ0v) is 13.2. The Labute approximate surface area is 132 Å². The minimum absolute atomic E-state index is 0.0150. The van der Waals surface area contributed by atoms with Gasteiger partial charge in [0, 0.05) is 0 Å². The fraction of sp³-hybridized carbons (Fsp3) is 0.632. The summed E-state index contributed by atoms with van der Waals surface area (Å²) in [5.41, 5.74) is -0.214. The van der Waals surface area contributed by atoms with Gasteiger partial charge in [-0.05, 0) is 75.3 Å². The second-order valence-electron chi connectivity index (χ2n) is 7.47. The van der Waals surface area contributed by atoms with Gasteiger partial charge in [-0.1, -0.05) is 12.1 Å². The molecule has 22 heavy (non-hydrogen) atoms. The maximum atomic E-state index is 12.9. The van der Waals surface area contributed by atoms with Crippen molar-refractivity contribution in [2.24, 2.45) is 23.2 Å². The van der Waals surface area contributed by atoms with Crippen LogP contribution in [0.3, 0.4) is 0 Å². The minimum atomic E-state index is -0.214. The Kier molecular flexibility index (Phi) is 3.39. The molecule has 4 aliphatic carbocycles. The summed E-state index contributed by atoms with van der Waals surface area (Å²) in [6, 6.07) is 7.51. The summed E-state index contributed by atoms with van der Waals surface area (Å²) >= 11 is 0. The van der Waals surface area contributed by atoms with Crippen molar-refractivity contribution >= 4 is 5.97 Å². The Morgan fingerprint density at radius 1 is 1.05 bits per heavy atom. The predicted molar refractivity (Wildman–Crippen MR) is 83.9 cm³/mol. The summed E-state index contributed by atoms with van der Waals surface area (Å²) in [4.78, 5) is 12.9. The first-order valence-corrected chi connectivity index (χ1v) is 8.62. The Morgan fingerprint density at radius 2 is 1.59 bits per heavy atom. The number of ether oxygens (including phenoxy) is 2. The summed E-state index contributed by atoms with van der Waals surface area (Å²) in [6.07, 6.45) is 7.12. The van der Waals surface area contributed by atoms with Crippen LogP contribution in [0, 0.1) is 23.2 Å². The highest BCUT2D eigenvalue weighted by atomic mass is 16.6. The van der Waals surface area contributed by atoms with Crippen LogP contribution in [0.5, 0.6) is 11.5 Å². The van der Waals surface area contributed by atoms with E-state index in [2.05, 4.69) is 0 Å². The van der Waals surface area contributed by atoms with Gasteiger partial charge in [0.15, 0.2) is 11.5 Å². The Bertz CT molecular complexity index is 543. The van der Waals surface area contributed by atoms with Crippen molar-refractivity contribution < 1.29 is 14.3 Å². The van der Waals surface area contributed by atoms with Gasteiger partial charge in [-0.3, -0.25) is 4.79 Å². The van der Waals surface area contributed by atoms with Crippen molar-refractivity contribution in [1.82, 2.24) is 0 Å². The number of para-hydroxylation sites is 2. The molecule has 3 nitrogen and oxygen atoms in total. The molecule has 0 unspecified atom stereocenters. The zero-order chi connectivity index (χ0) is 15.2. The van der Waals surface area contributed by atoms with Gasteiger partial charge in [0.25, 0.3) is 0 Å². The number of carbonyl (C=O) groups excluding carboxylic acids is 1. The molecule has 0 radical (unpaired) electrons. The summed E-state index contributed by atoms with van der Waals surface area (Å²) < 4.78 is 11.4. The first-order valence-electron chi connectivity index (χ1n) is 8.62. The van der Waals surface area contributed by atoms with Gasteiger partial charge in [-0.15, -0.1) is 0 Å². The van der Waals surface area contributed by atoms with Gasteiger partial charge in [-0.25, -0.2) is 0 Å². The van der Waals surface area contributed by atoms with E-state index in [1.165, 1.54) is 19.3 Å². The van der Waals surface area contributed by atoms with E-state index >= 15 is 0 Å². The average molecular weight is 300 g/mol. The Morgan fingerprint density at radius 3 is 2.14 bits per heavy atom. The lowest BCUT2D eigenvalue weighted by Gasteiger charge is -2.55. The Balaban J connectivity index is 1.55. The number of benzene rings is 1. The molecule has 4 bridgehead atoms. The molecule has 4 saturated carbocycles. The van der Waals surface area contributed by atoms with E-state index in [-0.39, 0.29) is 11.4 Å². The van der Waals surface area contributed by atoms with Gasteiger partial charge < -0.3 is 9.47 Å². The molecule has 5 rings (SSSR count). The van der Waals surface area contributed by atoms with Crippen molar-refractivity contribution in [2.75, 3.05) is 6.61 Å². The molecule has 0 atom stereocenters. The van der Waals surface area contributed by atoms with Crippen LogP contribution < -0.4 is 9.47 Å². The molecular weight excluding hydrogens is 276 g/mol. The SMILES string of the molecule is CCOc1ccccc1OC(=O)C12CC3CC(CC(C3)C1)C2. The quantitative estimate of drug-likeness (QED) is 0.617. The van der Waals surface area contributed by atoms with Gasteiger partial charge in [0.05, 0.1) is 12.0 Å². The average Bonchev–Trinajstić information content (AvgIpc) is 2.48. The third-order valence-corrected chi connectivity index (χ3v) is 5.82. The van der Waals surface area contributed by atoms with Crippen LogP contribution in [0.4, 0.5) is 0 Å². The van der Waals surface area contributed by atoms with Crippen molar-refractivity contribution in [3.8, 4) is 11.5 Å². The van der Waals surface area contributed by atoms with E-state index in [9.17, 15) is 4.79 Å². The lowest BCUT2D eigenvalue weighted by Crippen LogP contribution is -2.51. The predicted octanol–water partition coefficient (Wildman–Crippen LogP) is 4.21. The van der Waals surface area contributed by atoms with Gasteiger partial charge >= 0.3 is 5.97 Å². The van der Waals surface area contributed by atoms with E-state index in [4.69, 9.17) is 9.47 Å². The van der Waals surface area contributed by atoms with Gasteiger partial charge in [-0.2, -0.15) is 0 Å². The maximum absolute atomic E-state index is 12.9. The molecule has 0 N–H and O–H groups in total. The van der Waals surface area contributed by atoms with E-state index < -0.39 is 0 Å². The molecule has 4 aliphatic rings. The molecule has 0 spiro atoms. The van der Waals surface area contributed by atoms with Crippen LogP contribution in [0.25, 0.3) is 0 Å². The largest absolute Gasteiger partial charge is 0.490 e. The van der Waals surface area contributed by atoms with Crippen LogP contribution in [0.1, 0.15) is 45.4 Å². The van der Waals surface area contributed by atoms with Crippen LogP contribution >= 0.6 is 0 Å². The van der Waals surface area contributed by atoms with Crippen LogP contribution in [0.2, 0.25) is 0 Å². The fourth-order valence-corrected chi connectivity index (χ4v) is 5.38. The van der Waals surface area contributed by atoms with Crippen LogP contribution in [0.15, 0.2) is 24.3 Å². The molecule has 0 aliphatic heterocycles. The second kappa shape index (κ2) is 5.29. The van der Waals surface area contributed by atoms with Crippen molar-refractivity contribution in [3.05, 3.63) is 24.3 Å². The lowest BCUT2D eigenvalue weighted by atomic mass is 9.49. The minimum Gasteiger partial charge on any atom is -0.490 e. The molecule has 118 valence electrons. The van der Waals surface area contributed by atoms with E-state index in [0.717, 1.165) is 37.0 Å². The monoisotopic (exact) mass is 300 g/mol. The highest BCUT2D eigenvalue weighted by Gasteiger charge is 2.55. The van der Waals surface area contributed by atoms with Gasteiger partial charge in [0.2, 0.25) is 0 Å². The molecule has 1 aromatic carbocycles. The maximum Gasteiger partial charge on any atom is 0.317 e. The first-order chi connectivity index (χ1) is 10.7. The molecule has 0 heterocycles. The van der Waals surface area contributed by atoms with Crippen molar-refractivity contribution in [1.29, 1.82) is 0 Å². The van der Waals surface area contributed by atoms with E-state index in [0.29, 0.717) is 18.1 Å². The summed E-state index contributed by atoms with van der Waals surface area (Å²) in [5.74, 6) is 3.48. The number of esters is 1. The fourth-order valence-electron chi connectivity index (χ4n) is 5.38. The van der Waals surface area contributed by atoms with Gasteiger partial charge in [0.1, 0.15) is 0 Å². The van der Waals surface area contributed by atoms with Crippen LogP contribution in [-0.2, 0) is 4.79 Å². The lowest BCUT2D eigenvalue weighted by molar-refractivity contribution is -0.161. The third-order valence-electron chi connectivity index (χ3n) is 5.82. The highest BCUT2D eigenvalue weighted by molar-refractivity contribution is 5.80. The smallest absolute Gasteiger partial charge is 0.317 e.